The maximum absolute atomic E-state index is 12.2. The molecule has 5 heteroatoms. The summed E-state index contributed by atoms with van der Waals surface area (Å²) in [5.74, 6) is 0.674. The highest BCUT2D eigenvalue weighted by Crippen LogP contribution is 2.50. The Morgan fingerprint density at radius 1 is 1.68 bits per heavy atom. The Kier molecular flexibility index (Phi) is 4.92. The second-order valence-corrected chi connectivity index (χ2v) is 7.20. The SMILES string of the molecule is CSC(CO)C(C)NC(=O)C1CC1c1sccc1C. The van der Waals surface area contributed by atoms with E-state index in [1.165, 1.54) is 10.4 Å². The van der Waals surface area contributed by atoms with Crippen molar-refractivity contribution >= 4 is 29.0 Å². The van der Waals surface area contributed by atoms with E-state index in [2.05, 4.69) is 23.7 Å². The summed E-state index contributed by atoms with van der Waals surface area (Å²) in [5, 5.41) is 14.4. The lowest BCUT2D eigenvalue weighted by atomic mass is 10.1. The molecule has 106 valence electrons. The molecule has 2 rings (SSSR count). The van der Waals surface area contributed by atoms with Gasteiger partial charge in [0.1, 0.15) is 0 Å². The summed E-state index contributed by atoms with van der Waals surface area (Å²) in [7, 11) is 0. The molecule has 1 amide bonds. The van der Waals surface area contributed by atoms with Gasteiger partial charge in [0.2, 0.25) is 5.91 Å². The van der Waals surface area contributed by atoms with Gasteiger partial charge in [0, 0.05) is 28.0 Å². The number of thiophene rings is 1. The number of hydrogen-bond donors (Lipinski definition) is 2. The summed E-state index contributed by atoms with van der Waals surface area (Å²) in [5.41, 5.74) is 1.30. The summed E-state index contributed by atoms with van der Waals surface area (Å²) in [6.45, 7) is 4.17. The van der Waals surface area contributed by atoms with Crippen LogP contribution in [-0.4, -0.2) is 35.2 Å². The Bertz CT molecular complexity index is 442. The summed E-state index contributed by atoms with van der Waals surface area (Å²) in [6.07, 6.45) is 2.92. The minimum atomic E-state index is 0.0122. The highest BCUT2D eigenvalue weighted by Gasteiger charge is 2.45. The summed E-state index contributed by atoms with van der Waals surface area (Å²) in [4.78, 5) is 13.5. The molecule has 19 heavy (non-hydrogen) atoms. The molecule has 0 aromatic carbocycles. The van der Waals surface area contributed by atoms with Gasteiger partial charge in [-0.3, -0.25) is 4.79 Å². The Morgan fingerprint density at radius 2 is 2.42 bits per heavy atom. The fourth-order valence-corrected chi connectivity index (χ4v) is 4.13. The molecule has 3 nitrogen and oxygen atoms in total. The third-order valence-electron chi connectivity index (χ3n) is 3.78. The van der Waals surface area contributed by atoms with Gasteiger partial charge in [-0.1, -0.05) is 0 Å². The van der Waals surface area contributed by atoms with Crippen LogP contribution in [-0.2, 0) is 4.79 Å². The Morgan fingerprint density at radius 3 is 2.95 bits per heavy atom. The average molecular weight is 299 g/mol. The number of amides is 1. The topological polar surface area (TPSA) is 49.3 Å². The molecule has 1 aliphatic rings. The lowest BCUT2D eigenvalue weighted by molar-refractivity contribution is -0.123. The zero-order chi connectivity index (χ0) is 14.0. The highest BCUT2D eigenvalue weighted by atomic mass is 32.2. The van der Waals surface area contributed by atoms with E-state index < -0.39 is 0 Å². The quantitative estimate of drug-likeness (QED) is 0.848. The van der Waals surface area contributed by atoms with Gasteiger partial charge < -0.3 is 10.4 Å². The van der Waals surface area contributed by atoms with Gasteiger partial charge in [0.25, 0.3) is 0 Å². The van der Waals surface area contributed by atoms with Crippen LogP contribution in [0.4, 0.5) is 0 Å². The predicted octanol–water partition coefficient (Wildman–Crippen LogP) is 2.39. The van der Waals surface area contributed by atoms with E-state index in [1.54, 1.807) is 23.1 Å². The van der Waals surface area contributed by atoms with Gasteiger partial charge in [-0.2, -0.15) is 11.8 Å². The van der Waals surface area contributed by atoms with Crippen LogP contribution in [0.5, 0.6) is 0 Å². The van der Waals surface area contributed by atoms with E-state index in [0.717, 1.165) is 6.42 Å². The van der Waals surface area contributed by atoms with Crippen molar-refractivity contribution in [1.82, 2.24) is 5.32 Å². The maximum atomic E-state index is 12.2. The number of carbonyl (C=O) groups excluding carboxylic acids is 1. The molecule has 0 aliphatic heterocycles. The first-order valence-electron chi connectivity index (χ1n) is 6.56. The minimum absolute atomic E-state index is 0.0122. The van der Waals surface area contributed by atoms with E-state index in [-0.39, 0.29) is 29.7 Å². The summed E-state index contributed by atoms with van der Waals surface area (Å²) < 4.78 is 0. The molecule has 0 bridgehead atoms. The number of nitrogens with one attached hydrogen (secondary N) is 1. The first kappa shape index (κ1) is 14.9. The molecular weight excluding hydrogens is 278 g/mol. The van der Waals surface area contributed by atoms with E-state index in [0.29, 0.717) is 5.92 Å². The Balaban J connectivity index is 1.88. The fourth-order valence-electron chi connectivity index (χ4n) is 2.40. The van der Waals surface area contributed by atoms with Gasteiger partial charge in [-0.25, -0.2) is 0 Å². The van der Waals surface area contributed by atoms with Crippen LogP contribution in [0.2, 0.25) is 0 Å². The van der Waals surface area contributed by atoms with Crippen molar-refractivity contribution in [3.05, 3.63) is 21.9 Å². The van der Waals surface area contributed by atoms with E-state index in [1.807, 2.05) is 13.2 Å². The van der Waals surface area contributed by atoms with Crippen molar-refractivity contribution in [3.63, 3.8) is 0 Å². The monoisotopic (exact) mass is 299 g/mol. The van der Waals surface area contributed by atoms with Crippen molar-refractivity contribution in [2.75, 3.05) is 12.9 Å². The zero-order valence-corrected chi connectivity index (χ0v) is 13.2. The number of rotatable bonds is 6. The molecule has 0 saturated heterocycles. The van der Waals surface area contributed by atoms with Crippen LogP contribution in [0.1, 0.15) is 29.7 Å². The number of thioether (sulfide) groups is 1. The Hall–Kier alpha value is -0.520. The third kappa shape index (κ3) is 3.33. The molecule has 1 heterocycles. The van der Waals surface area contributed by atoms with E-state index >= 15 is 0 Å². The van der Waals surface area contributed by atoms with Crippen LogP contribution < -0.4 is 5.32 Å². The maximum Gasteiger partial charge on any atom is 0.224 e. The number of hydrogen-bond acceptors (Lipinski definition) is 4. The molecule has 4 unspecified atom stereocenters. The van der Waals surface area contributed by atoms with E-state index in [9.17, 15) is 9.90 Å². The van der Waals surface area contributed by atoms with Crippen molar-refractivity contribution in [2.24, 2.45) is 5.92 Å². The first-order valence-corrected chi connectivity index (χ1v) is 8.73. The summed E-state index contributed by atoms with van der Waals surface area (Å²) >= 11 is 3.34. The molecule has 0 radical (unpaired) electrons. The third-order valence-corrected chi connectivity index (χ3v) is 6.09. The fraction of sp³-hybridized carbons (Fsp3) is 0.643. The number of aryl methyl sites for hydroxylation is 1. The normalized spacial score (nSPS) is 24.8. The average Bonchev–Trinajstić information content (AvgIpc) is 3.06. The molecule has 4 atom stereocenters. The summed E-state index contributed by atoms with van der Waals surface area (Å²) in [6, 6.07) is 2.13. The molecule has 1 saturated carbocycles. The van der Waals surface area contributed by atoms with Crippen LogP contribution in [0.25, 0.3) is 0 Å². The molecule has 1 fully saturated rings. The largest absolute Gasteiger partial charge is 0.395 e. The van der Waals surface area contributed by atoms with Crippen LogP contribution in [0, 0.1) is 12.8 Å². The van der Waals surface area contributed by atoms with Gasteiger partial charge in [-0.05, 0) is 43.5 Å². The van der Waals surface area contributed by atoms with Gasteiger partial charge in [0.15, 0.2) is 0 Å². The second kappa shape index (κ2) is 6.29. The van der Waals surface area contributed by atoms with Crippen molar-refractivity contribution in [3.8, 4) is 0 Å². The molecular formula is C14H21NO2S2. The molecule has 1 aliphatic carbocycles. The van der Waals surface area contributed by atoms with Crippen LogP contribution >= 0.6 is 23.1 Å². The molecule has 1 aromatic rings. The minimum Gasteiger partial charge on any atom is -0.395 e. The standard InChI is InChI=1S/C14H21NO2S2/c1-8-4-5-19-13(8)10-6-11(10)14(17)15-9(2)12(7-16)18-3/h4-5,9-12,16H,6-7H2,1-3H3,(H,15,17). The second-order valence-electron chi connectivity index (χ2n) is 5.17. The van der Waals surface area contributed by atoms with E-state index in [4.69, 9.17) is 0 Å². The van der Waals surface area contributed by atoms with Crippen LogP contribution in [0.15, 0.2) is 11.4 Å². The number of aliphatic hydroxyl groups is 1. The first-order chi connectivity index (χ1) is 9.08. The molecule has 1 aromatic heterocycles. The Labute approximate surface area is 122 Å². The van der Waals surface area contributed by atoms with Gasteiger partial charge in [-0.15, -0.1) is 11.3 Å². The van der Waals surface area contributed by atoms with Crippen molar-refractivity contribution in [1.29, 1.82) is 0 Å². The van der Waals surface area contributed by atoms with Crippen LogP contribution in [0.3, 0.4) is 0 Å². The lowest BCUT2D eigenvalue weighted by Gasteiger charge is -2.21. The van der Waals surface area contributed by atoms with Gasteiger partial charge >= 0.3 is 0 Å². The van der Waals surface area contributed by atoms with Gasteiger partial charge in [0.05, 0.1) is 6.61 Å². The number of aliphatic hydroxyl groups excluding tert-OH is 1. The molecule has 0 spiro atoms. The zero-order valence-electron chi connectivity index (χ0n) is 11.6. The predicted molar refractivity (Wildman–Crippen MR) is 81.9 cm³/mol. The van der Waals surface area contributed by atoms with Crippen molar-refractivity contribution < 1.29 is 9.90 Å². The highest BCUT2D eigenvalue weighted by molar-refractivity contribution is 7.99. The lowest BCUT2D eigenvalue weighted by Crippen LogP contribution is -2.42. The molecule has 2 N–H and O–H groups in total. The smallest absolute Gasteiger partial charge is 0.224 e. The van der Waals surface area contributed by atoms with Crippen molar-refractivity contribution in [2.45, 2.75) is 37.5 Å². The number of carbonyl (C=O) groups is 1.